The zero-order chi connectivity index (χ0) is 14.6. The molecule has 1 unspecified atom stereocenters. The molecule has 2 N–H and O–H groups in total. The fourth-order valence-corrected chi connectivity index (χ4v) is 3.20. The molecule has 0 spiro atoms. The van der Waals surface area contributed by atoms with Gasteiger partial charge in [-0.15, -0.1) is 0 Å². The average Bonchev–Trinajstić information content (AvgIpc) is 2.86. The summed E-state index contributed by atoms with van der Waals surface area (Å²) in [5, 5.41) is 4.31. The number of methoxy groups -OCH3 is 1. The van der Waals surface area contributed by atoms with Crippen LogP contribution in [0.3, 0.4) is 0 Å². The number of ether oxygens (including phenoxy) is 1. The number of rotatable bonds is 6. The largest absolute Gasteiger partial charge is 0.377 e. The van der Waals surface area contributed by atoms with E-state index in [0.717, 1.165) is 31.6 Å². The Morgan fingerprint density at radius 1 is 1.35 bits per heavy atom. The highest BCUT2D eigenvalue weighted by atomic mass is 16.5. The Balaban J connectivity index is 2.06. The third kappa shape index (κ3) is 3.38. The molecule has 1 saturated carbocycles. The first-order valence-electron chi connectivity index (χ1n) is 7.75. The van der Waals surface area contributed by atoms with E-state index in [2.05, 4.69) is 23.9 Å². The van der Waals surface area contributed by atoms with E-state index in [1.807, 2.05) is 4.68 Å². The lowest BCUT2D eigenvalue weighted by molar-refractivity contribution is -0.0588. The first-order chi connectivity index (χ1) is 9.57. The Morgan fingerprint density at radius 3 is 2.65 bits per heavy atom. The molecule has 114 valence electrons. The van der Waals surface area contributed by atoms with Gasteiger partial charge in [-0.2, -0.15) is 5.10 Å². The van der Waals surface area contributed by atoms with Crippen LogP contribution in [0.4, 0.5) is 0 Å². The van der Waals surface area contributed by atoms with Gasteiger partial charge >= 0.3 is 0 Å². The minimum atomic E-state index is -0.174. The lowest BCUT2D eigenvalue weighted by atomic mass is 9.78. The van der Waals surface area contributed by atoms with E-state index in [1.165, 1.54) is 19.3 Å². The minimum Gasteiger partial charge on any atom is -0.377 e. The molecule has 0 aliphatic heterocycles. The van der Waals surface area contributed by atoms with E-state index in [0.29, 0.717) is 5.92 Å². The molecular weight excluding hydrogens is 252 g/mol. The standard InChI is InChI=1S/C15H28N4O/c1-12(2)10-19-14(17-11-18-19)9-13(16)15(20-3)7-5-4-6-8-15/h11-13H,4-10,16H2,1-3H3. The van der Waals surface area contributed by atoms with Crippen molar-refractivity contribution in [1.82, 2.24) is 14.8 Å². The van der Waals surface area contributed by atoms with Gasteiger partial charge in [0.25, 0.3) is 0 Å². The molecule has 1 atom stereocenters. The van der Waals surface area contributed by atoms with Crippen LogP contribution in [0.5, 0.6) is 0 Å². The molecule has 5 nitrogen and oxygen atoms in total. The van der Waals surface area contributed by atoms with E-state index in [-0.39, 0.29) is 11.6 Å². The molecule has 1 fully saturated rings. The van der Waals surface area contributed by atoms with Crippen molar-refractivity contribution in [3.63, 3.8) is 0 Å². The first kappa shape index (κ1) is 15.4. The van der Waals surface area contributed by atoms with Gasteiger partial charge in [-0.05, 0) is 18.8 Å². The lowest BCUT2D eigenvalue weighted by Crippen LogP contribution is -2.52. The predicted octanol–water partition coefficient (Wildman–Crippen LogP) is 2.15. The van der Waals surface area contributed by atoms with Crippen LogP contribution in [0.1, 0.15) is 51.8 Å². The highest BCUT2D eigenvalue weighted by Gasteiger charge is 2.38. The molecule has 1 aliphatic rings. The number of hydrogen-bond donors (Lipinski definition) is 1. The Morgan fingerprint density at radius 2 is 2.05 bits per heavy atom. The quantitative estimate of drug-likeness (QED) is 0.867. The minimum absolute atomic E-state index is 0.0112. The monoisotopic (exact) mass is 280 g/mol. The van der Waals surface area contributed by atoms with Crippen LogP contribution < -0.4 is 5.73 Å². The molecule has 1 aliphatic carbocycles. The molecular formula is C15H28N4O. The maximum absolute atomic E-state index is 6.48. The molecule has 20 heavy (non-hydrogen) atoms. The van der Waals surface area contributed by atoms with E-state index < -0.39 is 0 Å². The summed E-state index contributed by atoms with van der Waals surface area (Å²) in [5.74, 6) is 1.53. The zero-order valence-corrected chi connectivity index (χ0v) is 13.0. The average molecular weight is 280 g/mol. The van der Waals surface area contributed by atoms with Gasteiger partial charge in [0.1, 0.15) is 12.2 Å². The van der Waals surface area contributed by atoms with E-state index >= 15 is 0 Å². The fourth-order valence-electron chi connectivity index (χ4n) is 3.20. The molecule has 0 radical (unpaired) electrons. The molecule has 5 heteroatoms. The van der Waals surface area contributed by atoms with Crippen LogP contribution in [-0.2, 0) is 17.7 Å². The van der Waals surface area contributed by atoms with Crippen LogP contribution in [0.25, 0.3) is 0 Å². The smallest absolute Gasteiger partial charge is 0.138 e. The number of nitrogens with two attached hydrogens (primary N) is 1. The maximum Gasteiger partial charge on any atom is 0.138 e. The number of hydrogen-bond acceptors (Lipinski definition) is 4. The molecule has 0 amide bonds. The van der Waals surface area contributed by atoms with E-state index in [4.69, 9.17) is 10.5 Å². The summed E-state index contributed by atoms with van der Waals surface area (Å²) in [6.07, 6.45) is 8.19. The van der Waals surface area contributed by atoms with Crippen LogP contribution in [0, 0.1) is 5.92 Å². The summed E-state index contributed by atoms with van der Waals surface area (Å²) in [5.41, 5.74) is 6.30. The second-order valence-corrected chi connectivity index (χ2v) is 6.39. The van der Waals surface area contributed by atoms with Crippen LogP contribution in [0.15, 0.2) is 6.33 Å². The molecule has 2 rings (SSSR count). The first-order valence-corrected chi connectivity index (χ1v) is 7.75. The lowest BCUT2D eigenvalue weighted by Gasteiger charge is -2.40. The van der Waals surface area contributed by atoms with Gasteiger partial charge in [0.05, 0.1) is 5.60 Å². The van der Waals surface area contributed by atoms with Crippen LogP contribution >= 0.6 is 0 Å². The van der Waals surface area contributed by atoms with Crippen LogP contribution in [0.2, 0.25) is 0 Å². The number of nitrogens with zero attached hydrogens (tertiary/aromatic N) is 3. The third-order valence-electron chi connectivity index (χ3n) is 4.42. The van der Waals surface area contributed by atoms with Crippen molar-refractivity contribution >= 4 is 0 Å². The van der Waals surface area contributed by atoms with Crippen molar-refractivity contribution in [2.45, 2.75) is 70.6 Å². The fraction of sp³-hybridized carbons (Fsp3) is 0.867. The van der Waals surface area contributed by atoms with E-state index in [1.54, 1.807) is 13.4 Å². The molecule has 1 aromatic heterocycles. The Bertz CT molecular complexity index is 410. The van der Waals surface area contributed by atoms with Gasteiger partial charge in [-0.25, -0.2) is 9.67 Å². The highest BCUT2D eigenvalue weighted by Crippen LogP contribution is 2.34. The molecule has 0 aromatic carbocycles. The summed E-state index contributed by atoms with van der Waals surface area (Å²) < 4.78 is 7.81. The Kier molecular flexibility index (Phi) is 5.16. The van der Waals surface area contributed by atoms with Gasteiger partial charge in [0, 0.05) is 26.1 Å². The second-order valence-electron chi connectivity index (χ2n) is 6.39. The second kappa shape index (κ2) is 6.68. The van der Waals surface area contributed by atoms with Gasteiger partial charge in [-0.3, -0.25) is 0 Å². The normalized spacial score (nSPS) is 20.2. The van der Waals surface area contributed by atoms with Gasteiger partial charge in [-0.1, -0.05) is 33.1 Å². The van der Waals surface area contributed by atoms with Gasteiger partial charge in [0.15, 0.2) is 0 Å². The molecule has 1 heterocycles. The summed E-state index contributed by atoms with van der Waals surface area (Å²) in [4.78, 5) is 4.39. The molecule has 0 bridgehead atoms. The third-order valence-corrected chi connectivity index (χ3v) is 4.42. The van der Waals surface area contributed by atoms with Crippen molar-refractivity contribution in [2.75, 3.05) is 7.11 Å². The Hall–Kier alpha value is -0.940. The number of aromatic nitrogens is 3. The molecule has 0 saturated heterocycles. The summed E-state index contributed by atoms with van der Waals surface area (Å²) >= 11 is 0. The van der Waals surface area contributed by atoms with Gasteiger partial charge < -0.3 is 10.5 Å². The maximum atomic E-state index is 6.48. The summed E-state index contributed by atoms with van der Waals surface area (Å²) in [6, 6.07) is -0.0112. The SMILES string of the molecule is COC1(C(N)Cc2ncnn2CC(C)C)CCCCC1. The summed E-state index contributed by atoms with van der Waals surface area (Å²) in [7, 11) is 1.80. The van der Waals surface area contributed by atoms with Crippen molar-refractivity contribution in [3.8, 4) is 0 Å². The summed E-state index contributed by atoms with van der Waals surface area (Å²) in [6.45, 7) is 5.26. The zero-order valence-electron chi connectivity index (χ0n) is 13.0. The van der Waals surface area contributed by atoms with Crippen molar-refractivity contribution in [2.24, 2.45) is 11.7 Å². The van der Waals surface area contributed by atoms with E-state index in [9.17, 15) is 0 Å². The van der Waals surface area contributed by atoms with Crippen molar-refractivity contribution in [3.05, 3.63) is 12.2 Å². The highest BCUT2D eigenvalue weighted by molar-refractivity contribution is 5.00. The topological polar surface area (TPSA) is 66.0 Å². The predicted molar refractivity (Wildman–Crippen MR) is 79.4 cm³/mol. The molecule has 1 aromatic rings. The van der Waals surface area contributed by atoms with Crippen LogP contribution in [-0.4, -0.2) is 33.5 Å². The van der Waals surface area contributed by atoms with Crippen molar-refractivity contribution in [1.29, 1.82) is 0 Å². The van der Waals surface area contributed by atoms with Crippen molar-refractivity contribution < 1.29 is 4.74 Å². The van der Waals surface area contributed by atoms with Gasteiger partial charge in [0.2, 0.25) is 0 Å². The Labute approximate surface area is 121 Å².